The number of piperidine rings is 1. The van der Waals surface area contributed by atoms with Crippen LogP contribution in [0.4, 0.5) is 35.5 Å². The van der Waals surface area contributed by atoms with Crippen molar-refractivity contribution in [2.75, 3.05) is 13.1 Å². The summed E-state index contributed by atoms with van der Waals surface area (Å²) in [4.78, 5) is 26.4. The van der Waals surface area contributed by atoms with Crippen LogP contribution in [0, 0.1) is 0 Å². The number of hydrogen-bond acceptors (Lipinski definition) is 5. The van der Waals surface area contributed by atoms with Crippen LogP contribution in [0.1, 0.15) is 28.7 Å². The normalized spacial score (nSPS) is 21.9. The molecule has 2 saturated heterocycles. The third-order valence-corrected chi connectivity index (χ3v) is 7.43. The number of hydrogen-bond donors (Lipinski definition) is 1. The summed E-state index contributed by atoms with van der Waals surface area (Å²) in [6, 6.07) is 5.27. The average Bonchev–Trinajstić information content (AvgIpc) is 3.37. The van der Waals surface area contributed by atoms with Crippen molar-refractivity contribution >= 4 is 39.9 Å². The SMILES string of the molecule is O=C1SC(=Cc2ccc3c(cnn3Cc3ccc(C(F)(F)F)cc3C(F)(F)F)c2)C(=O)N1C1CNCCC1F. The maximum atomic E-state index is 14.4. The lowest BCUT2D eigenvalue weighted by atomic mass is 10.0. The molecule has 2 unspecified atom stereocenters. The van der Waals surface area contributed by atoms with Crippen molar-refractivity contribution in [2.24, 2.45) is 0 Å². The van der Waals surface area contributed by atoms with Gasteiger partial charge in [0.2, 0.25) is 0 Å². The molecule has 0 aliphatic carbocycles. The van der Waals surface area contributed by atoms with Crippen LogP contribution in [-0.4, -0.2) is 51.1 Å². The topological polar surface area (TPSA) is 67.2 Å². The van der Waals surface area contributed by atoms with E-state index in [0.29, 0.717) is 40.8 Å². The fourth-order valence-corrected chi connectivity index (χ4v) is 5.50. The van der Waals surface area contributed by atoms with Gasteiger partial charge in [0, 0.05) is 11.9 Å². The molecule has 2 fully saturated rings. The van der Waals surface area contributed by atoms with Crippen LogP contribution in [0.15, 0.2) is 47.5 Å². The molecule has 206 valence electrons. The van der Waals surface area contributed by atoms with Gasteiger partial charge in [-0.05, 0) is 66.2 Å². The van der Waals surface area contributed by atoms with Crippen LogP contribution in [0.3, 0.4) is 0 Å². The van der Waals surface area contributed by atoms with Gasteiger partial charge >= 0.3 is 12.4 Å². The first-order chi connectivity index (χ1) is 18.3. The van der Waals surface area contributed by atoms with Crippen molar-refractivity contribution in [1.29, 1.82) is 0 Å². The quantitative estimate of drug-likeness (QED) is 0.314. The minimum atomic E-state index is -5.01. The summed E-state index contributed by atoms with van der Waals surface area (Å²) in [7, 11) is 0. The standard InChI is InChI=1S/C25H19F7N4O2S/c26-18-5-6-33-11-20(18)36-22(37)21(39-23(36)38)8-13-1-4-19-15(7-13)10-34-35(19)12-14-2-3-16(24(27,28)29)9-17(14)25(30,31)32/h1-4,7-10,18,20,33H,5-6,11-12H2. The van der Waals surface area contributed by atoms with E-state index in [4.69, 9.17) is 0 Å². The number of carbonyl (C=O) groups is 2. The Bertz CT molecular complexity index is 1480. The van der Waals surface area contributed by atoms with Crippen LogP contribution in [0.5, 0.6) is 0 Å². The third kappa shape index (κ3) is 5.39. The number of imide groups is 1. The molecule has 1 N–H and O–H groups in total. The molecule has 3 heterocycles. The number of benzene rings is 2. The summed E-state index contributed by atoms with van der Waals surface area (Å²) in [5.74, 6) is -0.612. The van der Waals surface area contributed by atoms with Crippen LogP contribution < -0.4 is 5.32 Å². The predicted molar refractivity (Wildman–Crippen MR) is 129 cm³/mol. The molecule has 0 spiro atoms. The van der Waals surface area contributed by atoms with Crippen LogP contribution >= 0.6 is 11.8 Å². The van der Waals surface area contributed by atoms with E-state index < -0.39 is 53.4 Å². The summed E-state index contributed by atoms with van der Waals surface area (Å²) >= 11 is 0.688. The van der Waals surface area contributed by atoms with Crippen molar-refractivity contribution in [3.05, 3.63) is 69.8 Å². The molecule has 1 aromatic heterocycles. The predicted octanol–water partition coefficient (Wildman–Crippen LogP) is 5.86. The summed E-state index contributed by atoms with van der Waals surface area (Å²) < 4.78 is 95.2. The monoisotopic (exact) mass is 572 g/mol. The maximum Gasteiger partial charge on any atom is 0.416 e. The maximum absolute atomic E-state index is 14.4. The number of thioether (sulfide) groups is 1. The van der Waals surface area contributed by atoms with E-state index >= 15 is 0 Å². The number of halogens is 7. The fourth-order valence-electron chi connectivity index (χ4n) is 4.62. The Balaban J connectivity index is 1.40. The minimum Gasteiger partial charge on any atom is -0.314 e. The van der Waals surface area contributed by atoms with Gasteiger partial charge in [-0.3, -0.25) is 19.2 Å². The smallest absolute Gasteiger partial charge is 0.314 e. The zero-order valence-corrected chi connectivity index (χ0v) is 20.6. The molecule has 14 heteroatoms. The molecule has 5 rings (SSSR count). The number of amides is 2. The highest BCUT2D eigenvalue weighted by Gasteiger charge is 2.44. The van der Waals surface area contributed by atoms with Crippen LogP contribution in [-0.2, 0) is 23.7 Å². The Morgan fingerprint density at radius 2 is 1.82 bits per heavy atom. The summed E-state index contributed by atoms with van der Waals surface area (Å²) in [6.45, 7) is 0.176. The minimum absolute atomic E-state index is 0.0840. The zero-order valence-electron chi connectivity index (χ0n) is 19.8. The van der Waals surface area contributed by atoms with Gasteiger partial charge in [0.1, 0.15) is 6.17 Å². The Morgan fingerprint density at radius 1 is 1.05 bits per heavy atom. The highest BCUT2D eigenvalue weighted by Crippen LogP contribution is 2.38. The lowest BCUT2D eigenvalue weighted by Crippen LogP contribution is -2.53. The van der Waals surface area contributed by atoms with Gasteiger partial charge in [-0.25, -0.2) is 4.39 Å². The van der Waals surface area contributed by atoms with Crippen LogP contribution in [0.2, 0.25) is 0 Å². The zero-order chi connectivity index (χ0) is 28.1. The Morgan fingerprint density at radius 3 is 2.51 bits per heavy atom. The van der Waals surface area contributed by atoms with E-state index in [-0.39, 0.29) is 29.5 Å². The Labute approximate surface area is 220 Å². The van der Waals surface area contributed by atoms with Gasteiger partial charge in [0.25, 0.3) is 11.1 Å². The van der Waals surface area contributed by atoms with E-state index in [2.05, 4.69) is 10.4 Å². The van der Waals surface area contributed by atoms with Gasteiger partial charge in [0.15, 0.2) is 0 Å². The largest absolute Gasteiger partial charge is 0.416 e. The number of carbonyl (C=O) groups excluding carboxylic acids is 2. The number of nitrogens with one attached hydrogen (secondary N) is 1. The molecule has 0 bridgehead atoms. The Kier molecular flexibility index (Phi) is 6.95. The first kappa shape index (κ1) is 27.2. The molecular weight excluding hydrogens is 553 g/mol. The van der Waals surface area contributed by atoms with Gasteiger partial charge in [0.05, 0.1) is 40.3 Å². The summed E-state index contributed by atoms with van der Waals surface area (Å²) in [5.41, 5.74) is -2.29. The van der Waals surface area contributed by atoms with Gasteiger partial charge in [-0.1, -0.05) is 12.1 Å². The fraction of sp³-hybridized carbons (Fsp3) is 0.320. The molecule has 2 aliphatic rings. The Hall–Kier alpha value is -3.39. The molecule has 3 aromatic rings. The van der Waals surface area contributed by atoms with Crippen molar-refractivity contribution in [1.82, 2.24) is 20.0 Å². The van der Waals surface area contributed by atoms with Crippen molar-refractivity contribution in [2.45, 2.75) is 37.5 Å². The van der Waals surface area contributed by atoms with Crippen molar-refractivity contribution in [3.63, 3.8) is 0 Å². The lowest BCUT2D eigenvalue weighted by Gasteiger charge is -2.32. The summed E-state index contributed by atoms with van der Waals surface area (Å²) in [6.07, 6.45) is -8.25. The number of nitrogens with zero attached hydrogens (tertiary/aromatic N) is 3. The highest BCUT2D eigenvalue weighted by molar-refractivity contribution is 8.18. The summed E-state index contributed by atoms with van der Waals surface area (Å²) in [5, 5.41) is 6.98. The first-order valence-corrected chi connectivity index (χ1v) is 12.5. The van der Waals surface area contributed by atoms with Gasteiger partial charge in [-0.2, -0.15) is 31.4 Å². The second kappa shape index (κ2) is 9.97. The molecule has 0 saturated carbocycles. The van der Waals surface area contributed by atoms with E-state index in [0.717, 1.165) is 11.0 Å². The van der Waals surface area contributed by atoms with Crippen LogP contribution in [0.25, 0.3) is 17.0 Å². The first-order valence-electron chi connectivity index (χ1n) is 11.7. The van der Waals surface area contributed by atoms with E-state index in [1.54, 1.807) is 18.2 Å². The number of rotatable bonds is 4. The average molecular weight is 573 g/mol. The molecule has 0 radical (unpaired) electrons. The molecule has 2 atom stereocenters. The highest BCUT2D eigenvalue weighted by atomic mass is 32.2. The number of fused-ring (bicyclic) bond motifs is 1. The van der Waals surface area contributed by atoms with Crippen molar-refractivity contribution in [3.8, 4) is 0 Å². The molecule has 2 amide bonds. The number of alkyl halides is 7. The second-order valence-electron chi connectivity index (χ2n) is 9.12. The van der Waals surface area contributed by atoms with Crippen molar-refractivity contribution < 1.29 is 40.3 Å². The van der Waals surface area contributed by atoms with Gasteiger partial charge < -0.3 is 5.32 Å². The molecule has 2 aromatic carbocycles. The van der Waals surface area contributed by atoms with E-state index in [1.807, 2.05) is 0 Å². The molecule has 39 heavy (non-hydrogen) atoms. The van der Waals surface area contributed by atoms with E-state index in [1.165, 1.54) is 17.0 Å². The van der Waals surface area contributed by atoms with Gasteiger partial charge in [-0.15, -0.1) is 0 Å². The molecular formula is C25H19F7N4O2S. The second-order valence-corrected chi connectivity index (χ2v) is 10.1. The third-order valence-electron chi connectivity index (χ3n) is 6.55. The number of aromatic nitrogens is 2. The molecule has 6 nitrogen and oxygen atoms in total. The lowest BCUT2D eigenvalue weighted by molar-refractivity contribution is -0.143. The van der Waals surface area contributed by atoms with E-state index in [9.17, 15) is 40.3 Å². The molecule has 2 aliphatic heterocycles.